The normalized spacial score (nSPS) is 20.6. The van der Waals surface area contributed by atoms with E-state index in [1.54, 1.807) is 13.2 Å². The van der Waals surface area contributed by atoms with Crippen LogP contribution in [-0.4, -0.2) is 32.5 Å². The Labute approximate surface area is 179 Å². The molecule has 0 bridgehead atoms. The summed E-state index contributed by atoms with van der Waals surface area (Å²) in [5, 5.41) is 8.36. The first-order chi connectivity index (χ1) is 14.5. The molecule has 0 radical (unpaired) electrons. The van der Waals surface area contributed by atoms with E-state index < -0.39 is 34.2 Å². The summed E-state index contributed by atoms with van der Waals surface area (Å²) < 4.78 is 40.8. The van der Waals surface area contributed by atoms with Crippen molar-refractivity contribution in [3.63, 3.8) is 0 Å². The number of fused-ring (bicyclic) bond motifs is 1. The van der Waals surface area contributed by atoms with E-state index in [1.165, 1.54) is 21.8 Å². The SMILES string of the molecule is Cn1cc(C2(CCC(=O)N3Cc4cc(Cl)c(C(F)(F)F)cc4C3)NC(=O)NC2=O)cn1. The van der Waals surface area contributed by atoms with Gasteiger partial charge in [0.2, 0.25) is 5.91 Å². The topological polar surface area (TPSA) is 96.3 Å². The van der Waals surface area contributed by atoms with E-state index >= 15 is 0 Å². The van der Waals surface area contributed by atoms with Crippen molar-refractivity contribution in [2.24, 2.45) is 7.05 Å². The number of nitrogens with zero attached hydrogens (tertiary/aromatic N) is 3. The lowest BCUT2D eigenvalue weighted by molar-refractivity contribution is -0.137. The van der Waals surface area contributed by atoms with Gasteiger partial charge in [-0.15, -0.1) is 0 Å². The highest BCUT2D eigenvalue weighted by molar-refractivity contribution is 6.31. The molecule has 0 spiro atoms. The van der Waals surface area contributed by atoms with Crippen LogP contribution in [0.15, 0.2) is 24.5 Å². The van der Waals surface area contributed by atoms with E-state index in [1.807, 2.05) is 0 Å². The zero-order chi connectivity index (χ0) is 22.6. The van der Waals surface area contributed by atoms with Gasteiger partial charge in [0, 0.05) is 38.3 Å². The Morgan fingerprint density at radius 1 is 1.26 bits per heavy atom. The standard InChI is InChI=1S/C19H17ClF3N5O3/c1-27-9-12(6-24-27)18(16(30)25-17(31)26-18)3-2-15(29)28-7-10-4-13(19(21,22)23)14(20)5-11(10)8-28/h4-6,9H,2-3,7-8H2,1H3,(H2,25,26,30,31). The van der Waals surface area contributed by atoms with Gasteiger partial charge in [-0.25, -0.2) is 4.79 Å². The largest absolute Gasteiger partial charge is 0.417 e. The van der Waals surface area contributed by atoms with Gasteiger partial charge in [0.25, 0.3) is 5.91 Å². The molecule has 164 valence electrons. The average Bonchev–Trinajstić information content (AvgIpc) is 3.35. The number of benzene rings is 1. The molecule has 2 aromatic rings. The maximum absolute atomic E-state index is 13.1. The van der Waals surface area contributed by atoms with Crippen molar-refractivity contribution in [3.8, 4) is 0 Å². The highest BCUT2D eigenvalue weighted by Gasteiger charge is 2.48. The summed E-state index contributed by atoms with van der Waals surface area (Å²) in [5.41, 5.74) is -1.04. The van der Waals surface area contributed by atoms with Crippen LogP contribution in [0.3, 0.4) is 0 Å². The van der Waals surface area contributed by atoms with Crippen molar-refractivity contribution in [2.45, 2.75) is 37.6 Å². The smallest absolute Gasteiger partial charge is 0.334 e. The van der Waals surface area contributed by atoms with Crippen LogP contribution < -0.4 is 10.6 Å². The highest BCUT2D eigenvalue weighted by Crippen LogP contribution is 2.39. The first-order valence-electron chi connectivity index (χ1n) is 9.28. The Bertz CT molecular complexity index is 1100. The molecule has 31 heavy (non-hydrogen) atoms. The molecule has 12 heteroatoms. The quantitative estimate of drug-likeness (QED) is 0.692. The second kappa shape index (κ2) is 7.26. The number of urea groups is 1. The molecule has 2 N–H and O–H groups in total. The first kappa shape index (κ1) is 21.2. The first-order valence-corrected chi connectivity index (χ1v) is 9.66. The summed E-state index contributed by atoms with van der Waals surface area (Å²) in [7, 11) is 1.65. The van der Waals surface area contributed by atoms with E-state index in [2.05, 4.69) is 15.7 Å². The van der Waals surface area contributed by atoms with Crippen LogP contribution in [-0.2, 0) is 41.4 Å². The second-order valence-corrected chi connectivity index (χ2v) is 7.97. The number of alkyl halides is 3. The second-order valence-electron chi connectivity index (χ2n) is 7.56. The Hall–Kier alpha value is -3.08. The molecule has 1 unspecified atom stereocenters. The van der Waals surface area contributed by atoms with Crippen LogP contribution in [0.25, 0.3) is 0 Å². The monoisotopic (exact) mass is 455 g/mol. The van der Waals surface area contributed by atoms with Crippen molar-refractivity contribution in [3.05, 3.63) is 51.8 Å². The van der Waals surface area contributed by atoms with Gasteiger partial charge in [-0.05, 0) is 29.7 Å². The summed E-state index contributed by atoms with van der Waals surface area (Å²) in [6, 6.07) is 1.52. The van der Waals surface area contributed by atoms with E-state index in [4.69, 9.17) is 11.6 Å². The van der Waals surface area contributed by atoms with Crippen LogP contribution in [0, 0.1) is 0 Å². The number of aromatic nitrogens is 2. The predicted octanol–water partition coefficient (Wildman–Crippen LogP) is 2.45. The fourth-order valence-electron chi connectivity index (χ4n) is 3.92. The number of halogens is 4. The van der Waals surface area contributed by atoms with E-state index in [0.29, 0.717) is 16.7 Å². The molecule has 8 nitrogen and oxygen atoms in total. The fraction of sp³-hybridized carbons (Fsp3) is 0.368. The lowest BCUT2D eigenvalue weighted by Crippen LogP contribution is -2.44. The number of carbonyl (C=O) groups excluding carboxylic acids is 3. The Morgan fingerprint density at radius 3 is 2.48 bits per heavy atom. The molecule has 3 heterocycles. The molecule has 1 saturated heterocycles. The van der Waals surface area contributed by atoms with Crippen molar-refractivity contribution in [1.29, 1.82) is 0 Å². The Kier molecular flexibility index (Phi) is 4.95. The van der Waals surface area contributed by atoms with Gasteiger partial charge in [0.1, 0.15) is 5.54 Å². The Morgan fingerprint density at radius 2 is 1.94 bits per heavy atom. The number of nitrogens with one attached hydrogen (secondary N) is 2. The van der Waals surface area contributed by atoms with Crippen LogP contribution >= 0.6 is 11.6 Å². The van der Waals surface area contributed by atoms with Crippen molar-refractivity contribution in [1.82, 2.24) is 25.3 Å². The molecule has 1 aromatic carbocycles. The molecule has 1 atom stereocenters. The minimum Gasteiger partial charge on any atom is -0.334 e. The molecule has 4 rings (SSSR count). The number of amides is 4. The van der Waals surface area contributed by atoms with Gasteiger partial charge >= 0.3 is 12.2 Å². The van der Waals surface area contributed by atoms with E-state index in [9.17, 15) is 27.6 Å². The summed E-state index contributed by atoms with van der Waals surface area (Å²) in [6.45, 7) is 0.122. The van der Waals surface area contributed by atoms with Crippen LogP contribution in [0.2, 0.25) is 5.02 Å². The molecule has 1 fully saturated rings. The van der Waals surface area contributed by atoms with Gasteiger partial charge in [0.05, 0.1) is 16.8 Å². The molecule has 0 saturated carbocycles. The van der Waals surface area contributed by atoms with Crippen LogP contribution in [0.4, 0.5) is 18.0 Å². The van der Waals surface area contributed by atoms with Crippen molar-refractivity contribution >= 4 is 29.4 Å². The average molecular weight is 456 g/mol. The predicted molar refractivity (Wildman–Crippen MR) is 102 cm³/mol. The maximum Gasteiger partial charge on any atom is 0.417 e. The molecule has 2 aliphatic rings. The Balaban J connectivity index is 1.50. The zero-order valence-corrected chi connectivity index (χ0v) is 17.0. The number of hydrogen-bond acceptors (Lipinski definition) is 4. The highest BCUT2D eigenvalue weighted by atomic mass is 35.5. The summed E-state index contributed by atoms with van der Waals surface area (Å²) in [4.78, 5) is 38.5. The number of aryl methyl sites for hydroxylation is 1. The van der Waals surface area contributed by atoms with Crippen LogP contribution in [0.1, 0.15) is 35.1 Å². The van der Waals surface area contributed by atoms with E-state index in [0.717, 1.165) is 6.07 Å². The van der Waals surface area contributed by atoms with Crippen LogP contribution in [0.5, 0.6) is 0 Å². The van der Waals surface area contributed by atoms with Gasteiger partial charge in [0.15, 0.2) is 0 Å². The minimum absolute atomic E-state index is 0.00681. The molecule has 4 amide bonds. The number of imide groups is 1. The minimum atomic E-state index is -4.59. The molecular weight excluding hydrogens is 439 g/mol. The summed E-state index contributed by atoms with van der Waals surface area (Å²) in [6.07, 6.45) is -1.73. The third-order valence-corrected chi connectivity index (χ3v) is 5.84. The molecule has 2 aliphatic heterocycles. The lowest BCUT2D eigenvalue weighted by atomic mass is 9.87. The van der Waals surface area contributed by atoms with Gasteiger partial charge in [-0.3, -0.25) is 19.6 Å². The fourth-order valence-corrected chi connectivity index (χ4v) is 4.22. The third kappa shape index (κ3) is 3.73. The molecule has 0 aliphatic carbocycles. The molecular formula is C19H17ClF3N5O3. The van der Waals surface area contributed by atoms with Crippen molar-refractivity contribution < 1.29 is 27.6 Å². The number of carbonyl (C=O) groups is 3. The van der Waals surface area contributed by atoms with E-state index in [-0.39, 0.29) is 31.8 Å². The lowest BCUT2D eigenvalue weighted by Gasteiger charge is -2.25. The van der Waals surface area contributed by atoms with Crippen molar-refractivity contribution in [2.75, 3.05) is 0 Å². The zero-order valence-electron chi connectivity index (χ0n) is 16.2. The van der Waals surface area contributed by atoms with Gasteiger partial charge in [-0.1, -0.05) is 11.6 Å². The third-order valence-electron chi connectivity index (χ3n) is 5.52. The molecule has 1 aromatic heterocycles. The maximum atomic E-state index is 13.1. The summed E-state index contributed by atoms with van der Waals surface area (Å²) >= 11 is 5.77. The van der Waals surface area contributed by atoms with Gasteiger partial charge < -0.3 is 10.2 Å². The number of hydrogen-bond donors (Lipinski definition) is 2. The summed E-state index contributed by atoms with van der Waals surface area (Å²) in [5.74, 6) is -0.956. The number of rotatable bonds is 4. The van der Waals surface area contributed by atoms with Gasteiger partial charge in [-0.2, -0.15) is 18.3 Å².